The van der Waals surface area contributed by atoms with Crippen LogP contribution in [0.15, 0.2) is 51.1 Å². The lowest BCUT2D eigenvalue weighted by Gasteiger charge is -2.10. The number of sulfonamides is 1. The van der Waals surface area contributed by atoms with Crippen LogP contribution in [0.4, 0.5) is 5.69 Å². The van der Waals surface area contributed by atoms with E-state index in [0.717, 1.165) is 17.0 Å². The molecular weight excluding hydrogens is 334 g/mol. The number of thiophene rings is 1. The van der Waals surface area contributed by atoms with Gasteiger partial charge in [0.15, 0.2) is 0 Å². The van der Waals surface area contributed by atoms with Crippen molar-refractivity contribution >= 4 is 38.7 Å². The molecule has 8 heteroatoms. The highest BCUT2D eigenvalue weighted by atomic mass is 32.2. The second-order valence-electron chi connectivity index (χ2n) is 4.72. The molecule has 23 heavy (non-hydrogen) atoms. The summed E-state index contributed by atoms with van der Waals surface area (Å²) >= 11 is 1.11. The number of nitrogens with zero attached hydrogens (tertiary/aromatic N) is 1. The number of carbonyl (C=O) groups excluding carboxylic acids is 1. The molecule has 0 saturated heterocycles. The van der Waals surface area contributed by atoms with Crippen LogP contribution in [-0.4, -0.2) is 20.0 Å². The Bertz CT molecular complexity index is 812. The molecule has 2 rings (SSSR count). The van der Waals surface area contributed by atoms with Gasteiger partial charge in [0.25, 0.3) is 15.9 Å². The van der Waals surface area contributed by atoms with Crippen LogP contribution in [0.5, 0.6) is 0 Å². The average molecular weight is 351 g/mol. The number of hydrazone groups is 1. The van der Waals surface area contributed by atoms with E-state index in [-0.39, 0.29) is 15.5 Å². The second kappa shape index (κ2) is 7.38. The van der Waals surface area contributed by atoms with E-state index in [0.29, 0.717) is 6.42 Å². The molecule has 0 bridgehead atoms. The van der Waals surface area contributed by atoms with Gasteiger partial charge in [0.2, 0.25) is 0 Å². The largest absolute Gasteiger partial charge is 0.278 e. The molecule has 0 unspecified atom stereocenters. The molecule has 1 heterocycles. The second-order valence-corrected chi connectivity index (χ2v) is 7.58. The summed E-state index contributed by atoms with van der Waals surface area (Å²) in [6, 6.07) is 9.55. The van der Waals surface area contributed by atoms with Gasteiger partial charge in [-0.15, -0.1) is 11.3 Å². The molecule has 1 aromatic heterocycles. The molecule has 0 fully saturated rings. The topological polar surface area (TPSA) is 87.6 Å². The SMILES string of the molecule is CC/C(C)=N\NC(=O)c1ccccc1NS(=O)(=O)c1cccs1. The molecule has 0 aliphatic rings. The quantitative estimate of drug-likeness (QED) is 0.619. The average Bonchev–Trinajstić information content (AvgIpc) is 3.07. The van der Waals surface area contributed by atoms with Crippen LogP contribution in [0.2, 0.25) is 0 Å². The zero-order valence-electron chi connectivity index (χ0n) is 12.7. The number of nitrogens with one attached hydrogen (secondary N) is 2. The van der Waals surface area contributed by atoms with E-state index in [1.165, 1.54) is 12.1 Å². The summed E-state index contributed by atoms with van der Waals surface area (Å²) in [6.45, 7) is 3.72. The van der Waals surface area contributed by atoms with E-state index in [4.69, 9.17) is 0 Å². The highest BCUT2D eigenvalue weighted by Crippen LogP contribution is 2.22. The van der Waals surface area contributed by atoms with Crippen molar-refractivity contribution in [1.29, 1.82) is 0 Å². The van der Waals surface area contributed by atoms with Gasteiger partial charge in [-0.05, 0) is 36.9 Å². The maximum Gasteiger partial charge on any atom is 0.273 e. The molecule has 1 aromatic carbocycles. The van der Waals surface area contributed by atoms with Gasteiger partial charge < -0.3 is 0 Å². The molecule has 122 valence electrons. The van der Waals surface area contributed by atoms with Gasteiger partial charge in [-0.3, -0.25) is 9.52 Å². The summed E-state index contributed by atoms with van der Waals surface area (Å²) < 4.78 is 27.2. The van der Waals surface area contributed by atoms with Crippen LogP contribution in [0.3, 0.4) is 0 Å². The van der Waals surface area contributed by atoms with Crippen molar-refractivity contribution in [3.63, 3.8) is 0 Å². The number of rotatable bonds is 6. The predicted molar refractivity (Wildman–Crippen MR) is 92.4 cm³/mol. The number of benzene rings is 1. The molecule has 0 atom stereocenters. The van der Waals surface area contributed by atoms with Gasteiger partial charge in [0.1, 0.15) is 4.21 Å². The van der Waals surface area contributed by atoms with E-state index in [1.54, 1.807) is 36.6 Å². The first-order valence-electron chi connectivity index (χ1n) is 6.93. The van der Waals surface area contributed by atoms with E-state index in [2.05, 4.69) is 15.2 Å². The number of hydrogen-bond acceptors (Lipinski definition) is 5. The number of anilines is 1. The van der Waals surface area contributed by atoms with Crippen molar-refractivity contribution in [2.45, 2.75) is 24.5 Å². The fraction of sp³-hybridized carbons (Fsp3) is 0.200. The molecule has 2 N–H and O–H groups in total. The third-order valence-electron chi connectivity index (χ3n) is 3.04. The molecule has 6 nitrogen and oxygen atoms in total. The summed E-state index contributed by atoms with van der Waals surface area (Å²) in [7, 11) is -3.71. The predicted octanol–water partition coefficient (Wildman–Crippen LogP) is 3.06. The first kappa shape index (κ1) is 17.2. The lowest BCUT2D eigenvalue weighted by Crippen LogP contribution is -2.22. The van der Waals surface area contributed by atoms with Crippen molar-refractivity contribution in [3.05, 3.63) is 47.3 Å². The van der Waals surface area contributed by atoms with Gasteiger partial charge in [-0.2, -0.15) is 5.10 Å². The van der Waals surface area contributed by atoms with E-state index in [9.17, 15) is 13.2 Å². The molecule has 0 aliphatic carbocycles. The molecule has 0 radical (unpaired) electrons. The third-order valence-corrected chi connectivity index (χ3v) is 5.80. The molecule has 0 spiro atoms. The minimum atomic E-state index is -3.71. The number of para-hydroxylation sites is 1. The normalized spacial score (nSPS) is 12.0. The Morgan fingerprint density at radius 1 is 1.22 bits per heavy atom. The Labute approximate surface area is 139 Å². The minimum absolute atomic E-state index is 0.188. The Morgan fingerprint density at radius 3 is 2.61 bits per heavy atom. The van der Waals surface area contributed by atoms with Crippen LogP contribution in [0.25, 0.3) is 0 Å². The van der Waals surface area contributed by atoms with Gasteiger partial charge in [-0.25, -0.2) is 13.8 Å². The van der Waals surface area contributed by atoms with Crippen molar-refractivity contribution in [2.24, 2.45) is 5.10 Å². The maximum absolute atomic E-state index is 12.3. The summed E-state index contributed by atoms with van der Waals surface area (Å²) in [4.78, 5) is 12.2. The van der Waals surface area contributed by atoms with Crippen molar-refractivity contribution in [3.8, 4) is 0 Å². The fourth-order valence-electron chi connectivity index (χ4n) is 1.67. The molecule has 1 amide bonds. The maximum atomic E-state index is 12.3. The highest BCUT2D eigenvalue weighted by molar-refractivity contribution is 7.94. The van der Waals surface area contributed by atoms with Gasteiger partial charge >= 0.3 is 0 Å². The summed E-state index contributed by atoms with van der Waals surface area (Å²) in [5.74, 6) is -0.470. The highest BCUT2D eigenvalue weighted by Gasteiger charge is 2.19. The van der Waals surface area contributed by atoms with Crippen LogP contribution in [0, 0.1) is 0 Å². The summed E-state index contributed by atoms with van der Waals surface area (Å²) in [6.07, 6.45) is 0.715. The molecule has 0 saturated carbocycles. The van der Waals surface area contributed by atoms with Crippen LogP contribution < -0.4 is 10.1 Å². The van der Waals surface area contributed by atoms with Crippen molar-refractivity contribution in [1.82, 2.24) is 5.43 Å². The number of hydrogen-bond donors (Lipinski definition) is 2. The number of carbonyl (C=O) groups is 1. The Hall–Kier alpha value is -2.19. The van der Waals surface area contributed by atoms with Crippen LogP contribution in [0.1, 0.15) is 30.6 Å². The number of amides is 1. The Kier molecular flexibility index (Phi) is 5.51. The van der Waals surface area contributed by atoms with Gasteiger partial charge in [0, 0.05) is 5.71 Å². The molecular formula is C15H17N3O3S2. The van der Waals surface area contributed by atoms with Gasteiger partial charge in [0.05, 0.1) is 11.3 Å². The first-order chi connectivity index (χ1) is 10.9. The van der Waals surface area contributed by atoms with Crippen molar-refractivity contribution < 1.29 is 13.2 Å². The molecule has 2 aromatic rings. The standard InChI is InChI=1S/C15H17N3O3S2/c1-3-11(2)16-17-15(19)12-7-4-5-8-13(12)18-23(20,21)14-9-6-10-22-14/h4-10,18H,3H2,1-2H3,(H,17,19)/b16-11-. The Morgan fingerprint density at radius 2 is 1.96 bits per heavy atom. The lowest BCUT2D eigenvalue weighted by molar-refractivity contribution is 0.0955. The third kappa shape index (κ3) is 4.40. The fourth-order valence-corrected chi connectivity index (χ4v) is 3.74. The zero-order chi connectivity index (χ0) is 16.9. The molecule has 0 aliphatic heterocycles. The van der Waals surface area contributed by atoms with Crippen LogP contribution in [-0.2, 0) is 10.0 Å². The van der Waals surface area contributed by atoms with E-state index >= 15 is 0 Å². The first-order valence-corrected chi connectivity index (χ1v) is 9.29. The minimum Gasteiger partial charge on any atom is -0.278 e. The summed E-state index contributed by atoms with van der Waals surface area (Å²) in [5, 5.41) is 5.62. The van der Waals surface area contributed by atoms with Crippen molar-refractivity contribution in [2.75, 3.05) is 4.72 Å². The lowest BCUT2D eigenvalue weighted by atomic mass is 10.2. The zero-order valence-corrected chi connectivity index (χ0v) is 14.4. The monoisotopic (exact) mass is 351 g/mol. The van der Waals surface area contributed by atoms with Gasteiger partial charge in [-0.1, -0.05) is 25.1 Å². The van der Waals surface area contributed by atoms with Crippen LogP contribution >= 0.6 is 11.3 Å². The smallest absolute Gasteiger partial charge is 0.273 e. The van der Waals surface area contributed by atoms with E-state index < -0.39 is 15.9 Å². The Balaban J connectivity index is 2.26. The summed E-state index contributed by atoms with van der Waals surface area (Å²) in [5.41, 5.74) is 3.62. The van der Waals surface area contributed by atoms with E-state index in [1.807, 2.05) is 6.92 Å².